The van der Waals surface area contributed by atoms with Crippen molar-refractivity contribution in [2.45, 2.75) is 13.3 Å². The third kappa shape index (κ3) is 2.01. The highest BCUT2D eigenvalue weighted by Gasteiger charge is 2.42. The molecule has 1 aromatic rings. The monoisotopic (exact) mass is 250 g/mol. The van der Waals surface area contributed by atoms with Crippen molar-refractivity contribution in [3.8, 4) is 5.75 Å². The van der Waals surface area contributed by atoms with Crippen LogP contribution in [0.25, 0.3) is 0 Å². The van der Waals surface area contributed by atoms with Crippen LogP contribution in [0.4, 0.5) is 0 Å². The Balaban J connectivity index is 2.18. The predicted molar refractivity (Wildman–Crippen MR) is 62.2 cm³/mol. The van der Waals surface area contributed by atoms with Gasteiger partial charge in [-0.3, -0.25) is 9.59 Å². The maximum atomic E-state index is 12.1. The van der Waals surface area contributed by atoms with Crippen LogP contribution in [-0.2, 0) is 4.79 Å². The van der Waals surface area contributed by atoms with E-state index in [1.165, 1.54) is 23.2 Å². The second-order valence-corrected chi connectivity index (χ2v) is 4.71. The number of aliphatic carboxylic acids is 1. The Morgan fingerprint density at radius 1 is 1.50 bits per heavy atom. The van der Waals surface area contributed by atoms with Gasteiger partial charge < -0.3 is 15.1 Å². The van der Waals surface area contributed by atoms with E-state index >= 15 is 0 Å². The van der Waals surface area contributed by atoms with Crippen molar-refractivity contribution < 1.29 is 19.8 Å². The van der Waals surface area contributed by atoms with Crippen LogP contribution < -0.4 is 0 Å². The molecule has 2 heterocycles. The molecule has 2 rings (SSSR count). The molecule has 1 amide bonds. The van der Waals surface area contributed by atoms with Gasteiger partial charge in [-0.1, -0.05) is 0 Å². The van der Waals surface area contributed by atoms with Gasteiger partial charge in [0.15, 0.2) is 5.69 Å². The first kappa shape index (κ1) is 12.3. The number of likely N-dealkylation sites (tertiary alicyclic amines) is 1. The van der Waals surface area contributed by atoms with Crippen LogP contribution in [0.3, 0.4) is 0 Å². The van der Waals surface area contributed by atoms with Crippen LogP contribution >= 0.6 is 0 Å². The minimum absolute atomic E-state index is 0.0351. The number of hydrogen-bond acceptors (Lipinski definition) is 4. The van der Waals surface area contributed by atoms with E-state index < -0.39 is 17.3 Å². The normalized spacial score (nSPS) is 23.1. The Morgan fingerprint density at radius 2 is 2.22 bits per heavy atom. The van der Waals surface area contributed by atoms with Crippen LogP contribution in [0.1, 0.15) is 23.8 Å². The quantitative estimate of drug-likeness (QED) is 0.807. The summed E-state index contributed by atoms with van der Waals surface area (Å²) < 4.78 is 0. The molecule has 0 saturated carbocycles. The fraction of sp³-hybridized carbons (Fsp3) is 0.417. The second-order valence-electron chi connectivity index (χ2n) is 4.71. The van der Waals surface area contributed by atoms with Gasteiger partial charge in [0.25, 0.3) is 5.91 Å². The van der Waals surface area contributed by atoms with Crippen LogP contribution in [0, 0.1) is 5.41 Å². The first-order valence-electron chi connectivity index (χ1n) is 5.61. The number of hydrogen-bond donors (Lipinski definition) is 2. The number of amides is 1. The molecule has 96 valence electrons. The van der Waals surface area contributed by atoms with Crippen molar-refractivity contribution in [3.63, 3.8) is 0 Å². The van der Waals surface area contributed by atoms with Gasteiger partial charge in [-0.2, -0.15) is 0 Å². The third-order valence-corrected chi connectivity index (χ3v) is 3.27. The lowest BCUT2D eigenvalue weighted by molar-refractivity contribution is -0.147. The maximum absolute atomic E-state index is 12.1. The summed E-state index contributed by atoms with van der Waals surface area (Å²) in [6.45, 7) is 2.11. The van der Waals surface area contributed by atoms with Crippen molar-refractivity contribution in [2.24, 2.45) is 5.41 Å². The van der Waals surface area contributed by atoms with Gasteiger partial charge in [0, 0.05) is 19.3 Å². The average molecular weight is 250 g/mol. The van der Waals surface area contributed by atoms with E-state index in [2.05, 4.69) is 4.98 Å². The number of carbonyl (C=O) groups excluding carboxylic acids is 1. The summed E-state index contributed by atoms with van der Waals surface area (Å²) in [7, 11) is 0. The highest BCUT2D eigenvalue weighted by atomic mass is 16.4. The molecule has 1 unspecified atom stereocenters. The van der Waals surface area contributed by atoms with Crippen LogP contribution in [0.15, 0.2) is 18.3 Å². The largest absolute Gasteiger partial charge is 0.505 e. The van der Waals surface area contributed by atoms with Gasteiger partial charge in [-0.05, 0) is 25.5 Å². The van der Waals surface area contributed by atoms with Crippen LogP contribution in [0.5, 0.6) is 5.75 Å². The molecule has 0 spiro atoms. The van der Waals surface area contributed by atoms with Gasteiger partial charge in [0.2, 0.25) is 0 Å². The molecular weight excluding hydrogens is 236 g/mol. The van der Waals surface area contributed by atoms with E-state index in [1.54, 1.807) is 6.92 Å². The fourth-order valence-corrected chi connectivity index (χ4v) is 2.02. The number of nitrogens with zero attached hydrogens (tertiary/aromatic N) is 2. The summed E-state index contributed by atoms with van der Waals surface area (Å²) in [6.07, 6.45) is 1.82. The summed E-state index contributed by atoms with van der Waals surface area (Å²) in [5.41, 5.74) is -0.952. The molecule has 0 radical (unpaired) electrons. The highest BCUT2D eigenvalue weighted by molar-refractivity contribution is 5.95. The van der Waals surface area contributed by atoms with Gasteiger partial charge in [-0.15, -0.1) is 0 Å². The van der Waals surface area contributed by atoms with Crippen molar-refractivity contribution >= 4 is 11.9 Å². The molecule has 18 heavy (non-hydrogen) atoms. The third-order valence-electron chi connectivity index (χ3n) is 3.27. The SMILES string of the molecule is CC1(C(=O)O)CCN(C(=O)c2ncccc2O)C1. The molecule has 1 aromatic heterocycles. The maximum Gasteiger partial charge on any atom is 0.311 e. The topological polar surface area (TPSA) is 90.7 Å². The second kappa shape index (κ2) is 4.29. The molecule has 6 heteroatoms. The van der Waals surface area contributed by atoms with Crippen molar-refractivity contribution in [3.05, 3.63) is 24.0 Å². The number of aromatic nitrogens is 1. The summed E-state index contributed by atoms with van der Waals surface area (Å²) in [6, 6.07) is 2.91. The number of rotatable bonds is 2. The van der Waals surface area contributed by atoms with Crippen molar-refractivity contribution in [1.29, 1.82) is 0 Å². The molecule has 0 aromatic carbocycles. The van der Waals surface area contributed by atoms with Gasteiger partial charge in [-0.25, -0.2) is 4.98 Å². The predicted octanol–water partition coefficient (Wildman–Crippen LogP) is 0.724. The van der Waals surface area contributed by atoms with Crippen molar-refractivity contribution in [1.82, 2.24) is 9.88 Å². The molecule has 0 bridgehead atoms. The van der Waals surface area contributed by atoms with E-state index in [9.17, 15) is 14.7 Å². The fourth-order valence-electron chi connectivity index (χ4n) is 2.02. The summed E-state index contributed by atoms with van der Waals surface area (Å²) >= 11 is 0. The lowest BCUT2D eigenvalue weighted by Gasteiger charge is -2.20. The smallest absolute Gasteiger partial charge is 0.311 e. The first-order valence-corrected chi connectivity index (χ1v) is 5.61. The molecule has 0 aliphatic carbocycles. The molecule has 1 aliphatic rings. The zero-order valence-electron chi connectivity index (χ0n) is 9.96. The van der Waals surface area contributed by atoms with E-state index in [4.69, 9.17) is 5.11 Å². The Hall–Kier alpha value is -2.11. The van der Waals surface area contributed by atoms with Gasteiger partial charge in [0.1, 0.15) is 5.75 Å². The van der Waals surface area contributed by atoms with E-state index in [1.807, 2.05) is 0 Å². The minimum Gasteiger partial charge on any atom is -0.505 e. The van der Waals surface area contributed by atoms with Crippen molar-refractivity contribution in [2.75, 3.05) is 13.1 Å². The Labute approximate surface area is 104 Å². The molecule has 6 nitrogen and oxygen atoms in total. The Kier molecular flexibility index (Phi) is 2.94. The molecule has 1 saturated heterocycles. The summed E-state index contributed by atoms with van der Waals surface area (Å²) in [4.78, 5) is 28.4. The number of pyridine rings is 1. The zero-order valence-corrected chi connectivity index (χ0v) is 9.96. The summed E-state index contributed by atoms with van der Waals surface area (Å²) in [5.74, 6) is -1.53. The molecule has 1 fully saturated rings. The number of carboxylic acids is 1. The molecule has 1 atom stereocenters. The lowest BCUT2D eigenvalue weighted by atomic mass is 9.90. The van der Waals surface area contributed by atoms with Crippen LogP contribution in [0.2, 0.25) is 0 Å². The van der Waals surface area contributed by atoms with Crippen LogP contribution in [-0.4, -0.2) is 45.1 Å². The van der Waals surface area contributed by atoms with E-state index in [0.717, 1.165) is 0 Å². The summed E-state index contributed by atoms with van der Waals surface area (Å²) in [5, 5.41) is 18.6. The lowest BCUT2D eigenvalue weighted by Crippen LogP contribution is -2.35. The molecule has 1 aliphatic heterocycles. The number of carboxylic acid groups (broad SMARTS) is 1. The van der Waals surface area contributed by atoms with Gasteiger partial charge >= 0.3 is 5.97 Å². The number of aromatic hydroxyl groups is 1. The number of carbonyl (C=O) groups is 2. The zero-order chi connectivity index (χ0) is 13.3. The van der Waals surface area contributed by atoms with Gasteiger partial charge in [0.05, 0.1) is 5.41 Å². The molecular formula is C12H14N2O4. The van der Waals surface area contributed by atoms with E-state index in [0.29, 0.717) is 13.0 Å². The standard InChI is InChI=1S/C12H14N2O4/c1-12(11(17)18)4-6-14(7-12)10(16)9-8(15)3-2-5-13-9/h2-3,5,15H,4,6-7H2,1H3,(H,17,18). The average Bonchev–Trinajstić information content (AvgIpc) is 2.73. The first-order chi connectivity index (χ1) is 8.44. The minimum atomic E-state index is -0.917. The van der Waals surface area contributed by atoms with E-state index in [-0.39, 0.29) is 18.0 Å². The Bertz CT molecular complexity index is 503. The molecule has 2 N–H and O–H groups in total. The Morgan fingerprint density at radius 3 is 2.78 bits per heavy atom. The highest BCUT2D eigenvalue weighted by Crippen LogP contribution is 2.31.